The van der Waals surface area contributed by atoms with Crippen molar-refractivity contribution < 1.29 is 9.90 Å². The highest BCUT2D eigenvalue weighted by Gasteiger charge is 2.10. The molecule has 0 fully saturated rings. The number of nitrogens with zero attached hydrogens (tertiary/aromatic N) is 2. The summed E-state index contributed by atoms with van der Waals surface area (Å²) in [5.74, 6) is 0.0375. The molecule has 0 unspecified atom stereocenters. The second-order valence-corrected chi connectivity index (χ2v) is 3.92. The molecule has 0 spiro atoms. The van der Waals surface area contributed by atoms with E-state index in [1.54, 1.807) is 0 Å². The van der Waals surface area contributed by atoms with Crippen molar-refractivity contribution in [1.29, 1.82) is 0 Å². The fourth-order valence-electron chi connectivity index (χ4n) is 1.85. The maximum Gasteiger partial charge on any atom is 0.303 e. The lowest BCUT2D eigenvalue weighted by molar-refractivity contribution is -0.137. The van der Waals surface area contributed by atoms with Crippen molar-refractivity contribution in [3.8, 4) is 0 Å². The number of carboxylic acids is 1. The molecule has 2 rings (SSSR count). The van der Waals surface area contributed by atoms with Crippen LogP contribution >= 0.6 is 0 Å². The molecule has 0 saturated heterocycles. The molecule has 0 aliphatic rings. The molecule has 84 valence electrons. The quantitative estimate of drug-likeness (QED) is 0.856. The summed E-state index contributed by atoms with van der Waals surface area (Å²) in [5.41, 5.74) is 3.14. The summed E-state index contributed by atoms with van der Waals surface area (Å²) >= 11 is 0. The molecule has 0 saturated carbocycles. The van der Waals surface area contributed by atoms with E-state index in [-0.39, 0.29) is 6.42 Å². The van der Waals surface area contributed by atoms with Crippen molar-refractivity contribution in [3.05, 3.63) is 29.6 Å². The first-order chi connectivity index (χ1) is 7.59. The van der Waals surface area contributed by atoms with Gasteiger partial charge >= 0.3 is 5.97 Å². The number of rotatable bonds is 3. The Balaban J connectivity index is 2.44. The minimum absolute atomic E-state index is 0.121. The van der Waals surface area contributed by atoms with Crippen LogP contribution in [0.4, 0.5) is 0 Å². The Morgan fingerprint density at radius 1 is 1.50 bits per heavy atom. The van der Waals surface area contributed by atoms with Crippen LogP contribution in [0.15, 0.2) is 18.2 Å². The molecule has 4 heteroatoms. The van der Waals surface area contributed by atoms with Crippen LogP contribution < -0.4 is 0 Å². The lowest BCUT2D eigenvalue weighted by Crippen LogP contribution is -2.03. The molecule has 2 aromatic rings. The zero-order chi connectivity index (χ0) is 11.7. The molecule has 0 bridgehead atoms. The second kappa shape index (κ2) is 3.96. The third-order valence-electron chi connectivity index (χ3n) is 2.77. The van der Waals surface area contributed by atoms with Crippen LogP contribution in [0.2, 0.25) is 0 Å². The predicted molar refractivity (Wildman–Crippen MR) is 61.4 cm³/mol. The number of hydrogen-bond acceptors (Lipinski definition) is 2. The number of hydrogen-bond donors (Lipinski definition) is 1. The van der Waals surface area contributed by atoms with Gasteiger partial charge in [-0.1, -0.05) is 12.1 Å². The summed E-state index contributed by atoms with van der Waals surface area (Å²) in [4.78, 5) is 15.0. The van der Waals surface area contributed by atoms with Crippen LogP contribution in [0.25, 0.3) is 11.0 Å². The van der Waals surface area contributed by atoms with Gasteiger partial charge in [0.25, 0.3) is 0 Å². The molecule has 0 aliphatic carbocycles. The van der Waals surface area contributed by atoms with Gasteiger partial charge in [-0.15, -0.1) is 0 Å². The van der Waals surface area contributed by atoms with Gasteiger partial charge in [0.1, 0.15) is 5.82 Å². The number of carboxylic acid groups (broad SMARTS) is 1. The zero-order valence-corrected chi connectivity index (χ0v) is 9.40. The molecule has 0 amide bonds. The largest absolute Gasteiger partial charge is 0.481 e. The maximum atomic E-state index is 10.5. The van der Waals surface area contributed by atoms with Gasteiger partial charge in [0.2, 0.25) is 0 Å². The van der Waals surface area contributed by atoms with Gasteiger partial charge in [-0.2, -0.15) is 0 Å². The maximum absolute atomic E-state index is 10.5. The molecule has 16 heavy (non-hydrogen) atoms. The topological polar surface area (TPSA) is 55.1 Å². The minimum Gasteiger partial charge on any atom is -0.481 e. The molecule has 0 aliphatic heterocycles. The fraction of sp³-hybridized carbons (Fsp3) is 0.333. The molecule has 1 aromatic carbocycles. The van der Waals surface area contributed by atoms with Crippen molar-refractivity contribution >= 4 is 17.0 Å². The van der Waals surface area contributed by atoms with E-state index >= 15 is 0 Å². The molecule has 0 atom stereocenters. The van der Waals surface area contributed by atoms with E-state index in [0.717, 1.165) is 22.4 Å². The van der Waals surface area contributed by atoms with Gasteiger partial charge in [0, 0.05) is 13.5 Å². The number of benzene rings is 1. The van der Waals surface area contributed by atoms with Gasteiger partial charge in [-0.05, 0) is 18.6 Å². The highest BCUT2D eigenvalue weighted by atomic mass is 16.4. The SMILES string of the molecule is Cc1cccc2c1nc(CCC(=O)O)n2C. The first-order valence-electron chi connectivity index (χ1n) is 5.22. The van der Waals surface area contributed by atoms with Crippen molar-refractivity contribution in [3.63, 3.8) is 0 Å². The van der Waals surface area contributed by atoms with Crippen LogP contribution in [0.3, 0.4) is 0 Å². The van der Waals surface area contributed by atoms with E-state index < -0.39 is 5.97 Å². The van der Waals surface area contributed by atoms with Gasteiger partial charge in [0.15, 0.2) is 0 Å². The number of aryl methyl sites for hydroxylation is 3. The first kappa shape index (κ1) is 10.7. The number of para-hydroxylation sites is 1. The highest BCUT2D eigenvalue weighted by molar-refractivity contribution is 5.79. The highest BCUT2D eigenvalue weighted by Crippen LogP contribution is 2.18. The standard InChI is InChI=1S/C12H14N2O2/c1-8-4-3-5-9-12(8)13-10(14(9)2)6-7-11(15)16/h3-5H,6-7H2,1-2H3,(H,15,16). The van der Waals surface area contributed by atoms with Crippen LogP contribution in [-0.4, -0.2) is 20.6 Å². The molecule has 1 heterocycles. The van der Waals surface area contributed by atoms with Gasteiger partial charge in [0.05, 0.1) is 17.5 Å². The Morgan fingerprint density at radius 2 is 2.25 bits per heavy atom. The molecule has 1 aromatic heterocycles. The Labute approximate surface area is 93.5 Å². The third-order valence-corrected chi connectivity index (χ3v) is 2.77. The predicted octanol–water partition coefficient (Wildman–Crippen LogP) is 1.90. The number of fused-ring (bicyclic) bond motifs is 1. The number of imidazole rings is 1. The third kappa shape index (κ3) is 1.78. The van der Waals surface area contributed by atoms with Crippen molar-refractivity contribution in [2.75, 3.05) is 0 Å². The monoisotopic (exact) mass is 218 g/mol. The van der Waals surface area contributed by atoms with Crippen LogP contribution in [-0.2, 0) is 18.3 Å². The van der Waals surface area contributed by atoms with Crippen LogP contribution in [0.5, 0.6) is 0 Å². The van der Waals surface area contributed by atoms with Crippen molar-refractivity contribution in [2.24, 2.45) is 7.05 Å². The normalized spacial score (nSPS) is 10.9. The summed E-state index contributed by atoms with van der Waals surface area (Å²) in [6.07, 6.45) is 0.593. The molecular formula is C12H14N2O2. The molecule has 4 nitrogen and oxygen atoms in total. The zero-order valence-electron chi connectivity index (χ0n) is 9.40. The lowest BCUT2D eigenvalue weighted by atomic mass is 10.2. The first-order valence-corrected chi connectivity index (χ1v) is 5.22. The van der Waals surface area contributed by atoms with E-state index in [0.29, 0.717) is 6.42 Å². The molecular weight excluding hydrogens is 204 g/mol. The minimum atomic E-state index is -0.788. The average Bonchev–Trinajstić information content (AvgIpc) is 2.55. The Bertz CT molecular complexity index is 543. The lowest BCUT2D eigenvalue weighted by Gasteiger charge is -1.99. The second-order valence-electron chi connectivity index (χ2n) is 3.92. The fourth-order valence-corrected chi connectivity index (χ4v) is 1.85. The van der Waals surface area contributed by atoms with Crippen molar-refractivity contribution in [1.82, 2.24) is 9.55 Å². The Morgan fingerprint density at radius 3 is 2.88 bits per heavy atom. The number of aromatic nitrogens is 2. The van der Waals surface area contributed by atoms with Crippen LogP contribution in [0, 0.1) is 6.92 Å². The van der Waals surface area contributed by atoms with E-state index in [9.17, 15) is 4.79 Å². The smallest absolute Gasteiger partial charge is 0.303 e. The van der Waals surface area contributed by atoms with Gasteiger partial charge < -0.3 is 9.67 Å². The average molecular weight is 218 g/mol. The Kier molecular flexibility index (Phi) is 2.64. The molecule has 0 radical (unpaired) electrons. The summed E-state index contributed by atoms with van der Waals surface area (Å²) in [7, 11) is 1.92. The summed E-state index contributed by atoms with van der Waals surface area (Å²) in [5, 5.41) is 8.66. The van der Waals surface area contributed by atoms with E-state index in [4.69, 9.17) is 5.11 Å². The number of carbonyl (C=O) groups is 1. The van der Waals surface area contributed by atoms with Gasteiger partial charge in [-0.3, -0.25) is 4.79 Å². The summed E-state index contributed by atoms with van der Waals surface area (Å²) in [6.45, 7) is 2.01. The van der Waals surface area contributed by atoms with E-state index in [1.165, 1.54) is 0 Å². The molecule has 1 N–H and O–H groups in total. The van der Waals surface area contributed by atoms with Crippen molar-refractivity contribution in [2.45, 2.75) is 19.8 Å². The Hall–Kier alpha value is -1.84. The number of aliphatic carboxylic acids is 1. The van der Waals surface area contributed by atoms with Gasteiger partial charge in [-0.25, -0.2) is 4.98 Å². The van der Waals surface area contributed by atoms with E-state index in [2.05, 4.69) is 4.98 Å². The summed E-state index contributed by atoms with van der Waals surface area (Å²) < 4.78 is 1.96. The summed E-state index contributed by atoms with van der Waals surface area (Å²) in [6, 6.07) is 6.00. The van der Waals surface area contributed by atoms with E-state index in [1.807, 2.05) is 36.7 Å². The van der Waals surface area contributed by atoms with Crippen LogP contribution in [0.1, 0.15) is 17.8 Å².